The van der Waals surface area contributed by atoms with Crippen molar-refractivity contribution in [2.75, 3.05) is 13.1 Å². The van der Waals surface area contributed by atoms with Gasteiger partial charge in [-0.1, -0.05) is 23.2 Å². The largest absolute Gasteiger partial charge is 0.328 e. The zero-order valence-corrected chi connectivity index (χ0v) is 14.1. The topological polar surface area (TPSA) is 63.4 Å². The summed E-state index contributed by atoms with van der Waals surface area (Å²) in [7, 11) is -3.54. The number of hydrogen-bond donors (Lipinski definition) is 1. The quantitative estimate of drug-likeness (QED) is 0.896. The third kappa shape index (κ3) is 3.56. The van der Waals surface area contributed by atoms with Crippen molar-refractivity contribution >= 4 is 57.0 Å². The number of rotatable bonds is 3. The number of halogens is 3. The van der Waals surface area contributed by atoms with E-state index in [9.17, 15) is 8.42 Å². The van der Waals surface area contributed by atoms with Crippen LogP contribution < -0.4 is 5.73 Å². The summed E-state index contributed by atoms with van der Waals surface area (Å²) >= 11 is 12.8. The van der Waals surface area contributed by atoms with E-state index in [0.717, 1.165) is 17.8 Å². The molecule has 2 rings (SSSR count). The van der Waals surface area contributed by atoms with Crippen molar-refractivity contribution in [2.24, 2.45) is 11.7 Å². The Labute approximate surface area is 133 Å². The van der Waals surface area contributed by atoms with E-state index in [0.29, 0.717) is 17.4 Å². The highest BCUT2D eigenvalue weighted by molar-refractivity contribution is 7.89. The number of nitrogens with zero attached hydrogens (tertiary/aromatic N) is 1. The second kappa shape index (κ2) is 6.47. The molecule has 0 spiro atoms. The molecular weight excluding hydrogens is 351 g/mol. The third-order valence-electron chi connectivity index (χ3n) is 3.17. The van der Waals surface area contributed by atoms with Gasteiger partial charge in [-0.15, -0.1) is 23.7 Å². The first-order valence-electron chi connectivity index (χ1n) is 5.53. The molecular formula is C10H15Cl3N2O2S2. The average Bonchev–Trinajstić information content (AvgIpc) is 2.85. The maximum Gasteiger partial charge on any atom is 0.245 e. The van der Waals surface area contributed by atoms with E-state index >= 15 is 0 Å². The molecule has 110 valence electrons. The van der Waals surface area contributed by atoms with E-state index in [4.69, 9.17) is 28.9 Å². The van der Waals surface area contributed by atoms with Crippen LogP contribution in [0.5, 0.6) is 0 Å². The summed E-state index contributed by atoms with van der Waals surface area (Å²) in [5.74, 6) is 0.202. The van der Waals surface area contributed by atoms with Crippen LogP contribution in [0.4, 0.5) is 0 Å². The van der Waals surface area contributed by atoms with Gasteiger partial charge in [0, 0.05) is 19.1 Å². The smallest absolute Gasteiger partial charge is 0.245 e. The van der Waals surface area contributed by atoms with Crippen molar-refractivity contribution in [3.63, 3.8) is 0 Å². The van der Waals surface area contributed by atoms with Crippen LogP contribution in [0.3, 0.4) is 0 Å². The van der Waals surface area contributed by atoms with E-state index in [1.165, 1.54) is 10.4 Å². The summed E-state index contributed by atoms with van der Waals surface area (Å²) in [6, 6.07) is 1.40. The normalized spacial score (nSPS) is 22.2. The first kappa shape index (κ1) is 17.5. The number of sulfonamides is 1. The van der Waals surface area contributed by atoms with Crippen LogP contribution in [0, 0.1) is 5.92 Å². The van der Waals surface area contributed by atoms with E-state index in [1.54, 1.807) is 0 Å². The molecule has 0 radical (unpaired) electrons. The first-order chi connectivity index (χ1) is 8.32. The lowest BCUT2D eigenvalue weighted by molar-refractivity contribution is 0.429. The summed E-state index contributed by atoms with van der Waals surface area (Å²) in [5, 5.41) is 0. The van der Waals surface area contributed by atoms with Gasteiger partial charge >= 0.3 is 0 Å². The lowest BCUT2D eigenvalue weighted by Crippen LogP contribution is -2.33. The van der Waals surface area contributed by atoms with Gasteiger partial charge < -0.3 is 5.73 Å². The molecule has 1 saturated heterocycles. The molecule has 0 aliphatic carbocycles. The lowest BCUT2D eigenvalue weighted by Gasteiger charge is -2.17. The first-order valence-corrected chi connectivity index (χ1v) is 8.54. The van der Waals surface area contributed by atoms with Crippen molar-refractivity contribution in [1.29, 1.82) is 0 Å². The Kier molecular flexibility index (Phi) is 5.96. The van der Waals surface area contributed by atoms with E-state index in [1.807, 2.05) is 6.92 Å². The summed E-state index contributed by atoms with van der Waals surface area (Å²) in [6.07, 6.45) is 0.784. The van der Waals surface area contributed by atoms with Crippen LogP contribution >= 0.6 is 46.9 Å². The molecule has 2 heterocycles. The molecule has 4 nitrogen and oxygen atoms in total. The maximum absolute atomic E-state index is 12.4. The molecule has 0 saturated carbocycles. The predicted molar refractivity (Wildman–Crippen MR) is 82.1 cm³/mol. The van der Waals surface area contributed by atoms with Crippen molar-refractivity contribution in [3.8, 4) is 0 Å². The van der Waals surface area contributed by atoms with E-state index in [2.05, 4.69) is 0 Å². The summed E-state index contributed by atoms with van der Waals surface area (Å²) in [4.78, 5) is 0.101. The molecule has 0 bridgehead atoms. The molecule has 0 aromatic carbocycles. The van der Waals surface area contributed by atoms with Crippen molar-refractivity contribution in [1.82, 2.24) is 4.31 Å². The molecule has 2 N–H and O–H groups in total. The zero-order valence-electron chi connectivity index (χ0n) is 10.2. The molecule has 1 aromatic heterocycles. The third-order valence-corrected chi connectivity index (χ3v) is 6.79. The summed E-state index contributed by atoms with van der Waals surface area (Å²) in [5.41, 5.74) is 5.81. The zero-order chi connectivity index (χ0) is 13.5. The van der Waals surface area contributed by atoms with Crippen LogP contribution in [0.25, 0.3) is 0 Å². The van der Waals surface area contributed by atoms with Gasteiger partial charge in [0.1, 0.15) is 9.23 Å². The summed E-state index contributed by atoms with van der Waals surface area (Å²) < 4.78 is 26.8. The fourth-order valence-electron chi connectivity index (χ4n) is 2.04. The van der Waals surface area contributed by atoms with Gasteiger partial charge in [-0.05, 0) is 25.3 Å². The highest BCUT2D eigenvalue weighted by Crippen LogP contribution is 2.37. The van der Waals surface area contributed by atoms with Gasteiger partial charge in [0.05, 0.1) is 4.34 Å². The Morgan fingerprint density at radius 2 is 2.16 bits per heavy atom. The van der Waals surface area contributed by atoms with Crippen molar-refractivity contribution in [3.05, 3.63) is 14.7 Å². The Morgan fingerprint density at radius 3 is 2.58 bits per heavy atom. The Morgan fingerprint density at radius 1 is 1.53 bits per heavy atom. The van der Waals surface area contributed by atoms with Crippen molar-refractivity contribution < 1.29 is 8.42 Å². The molecule has 1 aromatic rings. The minimum absolute atomic E-state index is 0. The molecule has 2 unspecified atom stereocenters. The minimum Gasteiger partial charge on any atom is -0.328 e. The summed E-state index contributed by atoms with van der Waals surface area (Å²) in [6.45, 7) is 2.83. The monoisotopic (exact) mass is 364 g/mol. The van der Waals surface area contributed by atoms with E-state index in [-0.39, 0.29) is 33.6 Å². The van der Waals surface area contributed by atoms with Crippen LogP contribution in [0.2, 0.25) is 8.67 Å². The maximum atomic E-state index is 12.4. The molecule has 1 aliphatic rings. The molecule has 1 fully saturated rings. The Balaban J connectivity index is 0.00000180. The van der Waals surface area contributed by atoms with Gasteiger partial charge in [0.15, 0.2) is 0 Å². The van der Waals surface area contributed by atoms with Crippen LogP contribution in [-0.2, 0) is 10.0 Å². The number of thiophene rings is 1. The predicted octanol–water partition coefficient (Wildman–Crippen LogP) is 2.83. The number of nitrogens with two attached hydrogens (primary N) is 1. The molecule has 2 atom stereocenters. The lowest BCUT2D eigenvalue weighted by atomic mass is 10.0. The second-order valence-corrected chi connectivity index (χ2v) is 8.65. The highest BCUT2D eigenvalue weighted by Gasteiger charge is 2.35. The SMILES string of the molecule is CC(N)C1CCN(S(=O)(=O)c2cc(Cl)sc2Cl)C1.Cl. The van der Waals surface area contributed by atoms with Gasteiger partial charge in [-0.2, -0.15) is 4.31 Å². The fraction of sp³-hybridized carbons (Fsp3) is 0.600. The van der Waals surface area contributed by atoms with E-state index < -0.39 is 10.0 Å². The standard InChI is InChI=1S/C10H14Cl2N2O2S2.ClH/c1-6(13)7-2-3-14(5-7)18(15,16)8-4-9(11)17-10(8)12;/h4,6-7H,2-3,5,13H2,1H3;1H. The fourth-order valence-corrected chi connectivity index (χ4v) is 5.67. The minimum atomic E-state index is -3.54. The van der Waals surface area contributed by atoms with Gasteiger partial charge in [0.2, 0.25) is 10.0 Å². The Bertz CT molecular complexity index is 545. The Hall–Kier alpha value is 0.440. The van der Waals surface area contributed by atoms with Crippen LogP contribution in [0.15, 0.2) is 11.0 Å². The molecule has 1 aliphatic heterocycles. The van der Waals surface area contributed by atoms with Gasteiger partial charge in [-0.3, -0.25) is 0 Å². The van der Waals surface area contributed by atoms with Crippen LogP contribution in [-0.4, -0.2) is 31.9 Å². The average molecular weight is 366 g/mol. The number of hydrogen-bond acceptors (Lipinski definition) is 4. The molecule has 19 heavy (non-hydrogen) atoms. The molecule has 0 amide bonds. The second-order valence-electron chi connectivity index (χ2n) is 4.46. The van der Waals surface area contributed by atoms with Crippen molar-refractivity contribution in [2.45, 2.75) is 24.3 Å². The van der Waals surface area contributed by atoms with Gasteiger partial charge in [0.25, 0.3) is 0 Å². The van der Waals surface area contributed by atoms with Crippen LogP contribution in [0.1, 0.15) is 13.3 Å². The molecule has 9 heteroatoms. The highest BCUT2D eigenvalue weighted by atomic mass is 35.5. The van der Waals surface area contributed by atoms with Gasteiger partial charge in [-0.25, -0.2) is 8.42 Å².